The minimum absolute atomic E-state index is 0.0385. The molecule has 0 radical (unpaired) electrons. The number of allylic oxidation sites excluding steroid dienone is 2. The van der Waals surface area contributed by atoms with Crippen molar-refractivity contribution in [2.24, 2.45) is 0 Å². The van der Waals surface area contributed by atoms with Crippen LogP contribution in [0.15, 0.2) is 59.8 Å². The number of benzene rings is 2. The first-order chi connectivity index (χ1) is 14.3. The average Bonchev–Trinajstić information content (AvgIpc) is 2.72. The Kier molecular flexibility index (Phi) is 8.39. The molecule has 30 heavy (non-hydrogen) atoms. The first-order valence-corrected chi connectivity index (χ1v) is 9.29. The number of aliphatic carboxylic acids is 1. The van der Waals surface area contributed by atoms with Gasteiger partial charge in [-0.05, 0) is 60.9 Å². The van der Waals surface area contributed by atoms with Gasteiger partial charge in [-0.3, -0.25) is 4.79 Å². The minimum atomic E-state index is -1.19. The smallest absolute Gasteiger partial charge is 0.303 e. The number of ether oxygens (including phenoxy) is 1. The first kappa shape index (κ1) is 22.9. The molecular weight excluding hydrogens is 414 g/mol. The number of carbonyl (C=O) groups is 1. The number of halogens is 3. The fourth-order valence-corrected chi connectivity index (χ4v) is 2.55. The number of hydrogen-bond donors (Lipinski definition) is 2. The fourth-order valence-electron chi connectivity index (χ4n) is 2.42. The molecule has 0 amide bonds. The zero-order chi connectivity index (χ0) is 22.1. The monoisotopic (exact) mass is 432 g/mol. The van der Waals surface area contributed by atoms with Gasteiger partial charge in [0.15, 0.2) is 11.6 Å². The highest BCUT2D eigenvalue weighted by Crippen LogP contribution is 2.24. The van der Waals surface area contributed by atoms with Gasteiger partial charge in [0.1, 0.15) is 6.61 Å². The minimum Gasteiger partial charge on any atom is -0.486 e. The molecule has 2 N–H and O–H groups in total. The second kappa shape index (κ2) is 11.0. The summed E-state index contributed by atoms with van der Waals surface area (Å²) in [6.45, 7) is 1.51. The van der Waals surface area contributed by atoms with Crippen LogP contribution >= 0.6 is 11.6 Å². The molecule has 0 aliphatic rings. The van der Waals surface area contributed by atoms with Gasteiger partial charge in [-0.15, -0.1) is 0 Å². The summed E-state index contributed by atoms with van der Waals surface area (Å²) in [5, 5.41) is 21.6. The van der Waals surface area contributed by atoms with E-state index in [-0.39, 0.29) is 30.8 Å². The van der Waals surface area contributed by atoms with E-state index in [4.69, 9.17) is 21.4 Å². The van der Waals surface area contributed by atoms with Crippen LogP contribution in [0, 0.1) is 23.0 Å². The van der Waals surface area contributed by atoms with Gasteiger partial charge < -0.3 is 15.2 Å². The number of carboxylic acid groups (broad SMARTS) is 1. The fraction of sp³-hybridized carbons (Fsp3) is 0.182. The molecule has 0 bridgehead atoms. The molecule has 0 saturated carbocycles. The van der Waals surface area contributed by atoms with Crippen LogP contribution in [0.4, 0.5) is 14.5 Å². The van der Waals surface area contributed by atoms with Crippen molar-refractivity contribution in [2.45, 2.75) is 19.8 Å². The van der Waals surface area contributed by atoms with Gasteiger partial charge in [-0.25, -0.2) is 4.39 Å². The second-order valence-corrected chi connectivity index (χ2v) is 6.76. The van der Waals surface area contributed by atoms with Crippen molar-refractivity contribution in [1.29, 1.82) is 5.26 Å². The standard InChI is InChI=1S/C22H19ClF2N2O3/c1-14(16(12-26)10-11-27-18-6-4-17(23)5-7-18)13-30-19-8-2-15(3-9-20(28)29)21(24)22(19)25/h2,4-8,10-11,27H,3,9,13H2,1H3,(H,28,29)/b11-10-,16-14-. The van der Waals surface area contributed by atoms with E-state index in [9.17, 15) is 18.8 Å². The lowest BCUT2D eigenvalue weighted by atomic mass is 10.1. The lowest BCUT2D eigenvalue weighted by Gasteiger charge is -2.11. The van der Waals surface area contributed by atoms with Crippen molar-refractivity contribution in [3.05, 3.63) is 82.0 Å². The molecule has 8 heteroatoms. The molecule has 2 rings (SSSR count). The normalized spacial score (nSPS) is 11.7. The summed E-state index contributed by atoms with van der Waals surface area (Å²) in [6, 6.07) is 11.5. The lowest BCUT2D eigenvalue weighted by Crippen LogP contribution is -2.06. The zero-order valence-electron chi connectivity index (χ0n) is 16.1. The molecule has 2 aromatic carbocycles. The Labute approximate surface area is 177 Å². The van der Waals surface area contributed by atoms with E-state index in [1.807, 2.05) is 6.07 Å². The summed E-state index contributed by atoms with van der Waals surface area (Å²) in [4.78, 5) is 10.6. The van der Waals surface area contributed by atoms with E-state index in [1.165, 1.54) is 12.1 Å². The summed E-state index contributed by atoms with van der Waals surface area (Å²) in [5.74, 6) is -3.74. The molecule has 5 nitrogen and oxygen atoms in total. The SMILES string of the molecule is C/C(COc1ccc(CCC(=O)O)c(F)c1F)=C(C#N)\C=C/Nc1ccc(Cl)cc1. The summed E-state index contributed by atoms with van der Waals surface area (Å²) in [7, 11) is 0. The number of rotatable bonds is 9. The van der Waals surface area contributed by atoms with Gasteiger partial charge >= 0.3 is 5.97 Å². The third kappa shape index (κ3) is 6.61. The van der Waals surface area contributed by atoms with Crippen LogP contribution in [0.1, 0.15) is 18.9 Å². The Hall–Kier alpha value is -3.37. The van der Waals surface area contributed by atoms with Gasteiger partial charge in [-0.2, -0.15) is 9.65 Å². The van der Waals surface area contributed by atoms with Crippen LogP contribution in [0.5, 0.6) is 5.75 Å². The van der Waals surface area contributed by atoms with Crippen LogP contribution in [-0.4, -0.2) is 17.7 Å². The van der Waals surface area contributed by atoms with Crippen LogP contribution in [0.3, 0.4) is 0 Å². The largest absolute Gasteiger partial charge is 0.486 e. The molecule has 0 aliphatic heterocycles. The number of hydrogen-bond acceptors (Lipinski definition) is 4. The number of nitrogens with zero attached hydrogens (tertiary/aromatic N) is 1. The van der Waals surface area contributed by atoms with E-state index < -0.39 is 17.6 Å². The summed E-state index contributed by atoms with van der Waals surface area (Å²) >= 11 is 5.82. The number of nitrogens with one attached hydrogen (secondary N) is 1. The maximum Gasteiger partial charge on any atom is 0.303 e. The Balaban J connectivity index is 2.03. The molecule has 2 aromatic rings. The molecular formula is C22H19ClF2N2O3. The highest BCUT2D eigenvalue weighted by atomic mass is 35.5. The highest BCUT2D eigenvalue weighted by molar-refractivity contribution is 6.30. The molecule has 0 heterocycles. The summed E-state index contributed by atoms with van der Waals surface area (Å²) in [5.41, 5.74) is 1.56. The van der Waals surface area contributed by atoms with E-state index >= 15 is 0 Å². The molecule has 0 unspecified atom stereocenters. The van der Waals surface area contributed by atoms with Crippen LogP contribution in [0.25, 0.3) is 0 Å². The van der Waals surface area contributed by atoms with Gasteiger partial charge in [0, 0.05) is 23.3 Å². The van der Waals surface area contributed by atoms with E-state index in [0.717, 1.165) is 5.69 Å². The molecule has 156 valence electrons. The number of carboxylic acids is 1. The molecule has 0 aliphatic carbocycles. The third-order valence-corrected chi connectivity index (χ3v) is 4.36. The van der Waals surface area contributed by atoms with Crippen molar-refractivity contribution in [3.8, 4) is 11.8 Å². The predicted molar refractivity (Wildman–Crippen MR) is 110 cm³/mol. The third-order valence-electron chi connectivity index (χ3n) is 4.10. The lowest BCUT2D eigenvalue weighted by molar-refractivity contribution is -0.136. The van der Waals surface area contributed by atoms with E-state index in [0.29, 0.717) is 16.2 Å². The van der Waals surface area contributed by atoms with Gasteiger partial charge in [0.05, 0.1) is 11.6 Å². The van der Waals surface area contributed by atoms with Crippen LogP contribution in [0.2, 0.25) is 5.02 Å². The van der Waals surface area contributed by atoms with Crippen molar-refractivity contribution >= 4 is 23.3 Å². The zero-order valence-corrected chi connectivity index (χ0v) is 16.8. The predicted octanol–water partition coefficient (Wildman–Crippen LogP) is 5.48. The second-order valence-electron chi connectivity index (χ2n) is 6.32. The van der Waals surface area contributed by atoms with Crippen LogP contribution < -0.4 is 10.1 Å². The first-order valence-electron chi connectivity index (χ1n) is 8.91. The number of nitriles is 1. The van der Waals surface area contributed by atoms with Crippen molar-refractivity contribution in [1.82, 2.24) is 0 Å². The van der Waals surface area contributed by atoms with Gasteiger partial charge in [-0.1, -0.05) is 17.7 Å². The van der Waals surface area contributed by atoms with Crippen molar-refractivity contribution < 1.29 is 23.4 Å². The van der Waals surface area contributed by atoms with Crippen molar-refractivity contribution in [3.63, 3.8) is 0 Å². The molecule has 0 fully saturated rings. The Morgan fingerprint density at radius 1 is 1.23 bits per heavy atom. The van der Waals surface area contributed by atoms with E-state index in [1.54, 1.807) is 43.5 Å². The molecule has 0 aromatic heterocycles. The van der Waals surface area contributed by atoms with Crippen molar-refractivity contribution in [2.75, 3.05) is 11.9 Å². The van der Waals surface area contributed by atoms with E-state index in [2.05, 4.69) is 5.32 Å². The maximum atomic E-state index is 14.2. The summed E-state index contributed by atoms with van der Waals surface area (Å²) < 4.78 is 33.6. The molecule has 0 spiro atoms. The molecule has 0 saturated heterocycles. The Morgan fingerprint density at radius 3 is 2.57 bits per heavy atom. The van der Waals surface area contributed by atoms with Gasteiger partial charge in [0.25, 0.3) is 0 Å². The highest BCUT2D eigenvalue weighted by Gasteiger charge is 2.15. The summed E-state index contributed by atoms with van der Waals surface area (Å²) in [6.07, 6.45) is 2.68. The Bertz CT molecular complexity index is 1010. The molecule has 0 atom stereocenters. The topological polar surface area (TPSA) is 82.3 Å². The van der Waals surface area contributed by atoms with Gasteiger partial charge in [0.2, 0.25) is 5.82 Å². The van der Waals surface area contributed by atoms with Crippen LogP contribution in [-0.2, 0) is 11.2 Å². The number of aryl methyl sites for hydroxylation is 1. The number of anilines is 1. The Morgan fingerprint density at radius 2 is 1.93 bits per heavy atom. The average molecular weight is 433 g/mol. The maximum absolute atomic E-state index is 14.2. The quantitative estimate of drug-likeness (QED) is 0.405.